The van der Waals surface area contributed by atoms with Gasteiger partial charge < -0.3 is 0 Å². The Morgan fingerprint density at radius 1 is 1.46 bits per heavy atom. The van der Waals surface area contributed by atoms with E-state index in [1.807, 2.05) is 0 Å². The zero-order valence-electron chi connectivity index (χ0n) is 7.89. The van der Waals surface area contributed by atoms with Gasteiger partial charge in [-0.2, -0.15) is 0 Å². The molecule has 0 saturated heterocycles. The second kappa shape index (κ2) is 18.5. The first kappa shape index (κ1) is 16.2. The Morgan fingerprint density at radius 2 is 2.15 bits per heavy atom. The molecule has 0 aliphatic heterocycles. The molecular formula is C6H15AlO4S2. The Bertz CT molecular complexity index is 94.7. The Balaban J connectivity index is 0. The summed E-state index contributed by atoms with van der Waals surface area (Å²) in [5.41, 5.74) is 0. The van der Waals surface area contributed by atoms with Crippen LogP contribution in [0.1, 0.15) is 13.3 Å². The van der Waals surface area contributed by atoms with Crippen molar-refractivity contribution in [2.75, 3.05) is 26.1 Å². The fourth-order valence-electron chi connectivity index (χ4n) is 0.285. The molecule has 4 nitrogen and oxygen atoms in total. The van der Waals surface area contributed by atoms with Gasteiger partial charge in [-0.05, 0) is 6.42 Å². The molecule has 0 atom stereocenters. The second-order valence-electron chi connectivity index (χ2n) is 1.84. The average Bonchev–Trinajstić information content (AvgIpc) is 2.15. The number of methoxy groups -OCH3 is 1. The molecule has 0 N–H and O–H groups in total. The van der Waals surface area contributed by atoms with Crippen LogP contribution in [0, 0.1) is 0 Å². The van der Waals surface area contributed by atoms with E-state index >= 15 is 0 Å². The van der Waals surface area contributed by atoms with Crippen molar-refractivity contribution in [1.82, 2.24) is 0 Å². The maximum atomic E-state index is 9.59. The van der Waals surface area contributed by atoms with Crippen LogP contribution in [0.25, 0.3) is 0 Å². The molecule has 0 fully saturated rings. The summed E-state index contributed by atoms with van der Waals surface area (Å²) in [6.45, 7) is 2.92. The maximum absolute atomic E-state index is 9.59. The molecule has 0 bridgehead atoms. The summed E-state index contributed by atoms with van der Waals surface area (Å²) in [5, 5.41) is 0. The van der Waals surface area contributed by atoms with Gasteiger partial charge in [0, 0.05) is 5.75 Å². The first-order valence-electron chi connectivity index (χ1n) is 3.80. The molecule has 78 valence electrons. The van der Waals surface area contributed by atoms with Crippen LogP contribution in [-0.2, 0) is 17.4 Å². The van der Waals surface area contributed by atoms with Crippen molar-refractivity contribution < 1.29 is 17.4 Å². The summed E-state index contributed by atoms with van der Waals surface area (Å²) in [6.07, 6.45) is 1.23. The van der Waals surface area contributed by atoms with E-state index in [-0.39, 0.29) is 0 Å². The van der Waals surface area contributed by atoms with Crippen LogP contribution in [0.2, 0.25) is 0 Å². The minimum atomic E-state index is -1.25. The van der Waals surface area contributed by atoms with Crippen LogP contribution in [-0.4, -0.2) is 41.6 Å². The summed E-state index contributed by atoms with van der Waals surface area (Å²) in [7, 11) is 3.15. The molecule has 0 aromatic carbocycles. The molecule has 0 amide bonds. The van der Waals surface area contributed by atoms with E-state index in [1.54, 1.807) is 17.9 Å². The van der Waals surface area contributed by atoms with Gasteiger partial charge in [0.2, 0.25) is 0 Å². The summed E-state index contributed by atoms with van der Waals surface area (Å²) in [6, 6.07) is 0. The van der Waals surface area contributed by atoms with E-state index in [2.05, 4.69) is 32.1 Å². The topological polar surface area (TPSA) is 44.8 Å². The van der Waals surface area contributed by atoms with Crippen LogP contribution < -0.4 is 0 Å². The first-order valence-corrected chi connectivity index (χ1v) is 6.78. The Morgan fingerprint density at radius 3 is 2.46 bits per heavy atom. The molecule has 0 saturated carbocycles. The predicted molar refractivity (Wildman–Crippen MR) is 57.1 cm³/mol. The second-order valence-corrected chi connectivity index (χ2v) is 3.67. The third-order valence-electron chi connectivity index (χ3n) is 0.774. The molecule has 0 unspecified atom stereocenters. The Labute approximate surface area is 94.7 Å². The van der Waals surface area contributed by atoms with Gasteiger partial charge in [-0.25, -0.2) is 0 Å². The van der Waals surface area contributed by atoms with E-state index < -0.39 is 15.5 Å². The summed E-state index contributed by atoms with van der Waals surface area (Å²) >= 11 is 2.67. The third kappa shape index (κ3) is 24.5. The first-order chi connectivity index (χ1) is 6.33. The van der Waals surface area contributed by atoms with Gasteiger partial charge in [-0.15, -0.1) is 11.7 Å². The molecule has 13 heavy (non-hydrogen) atoms. The van der Waals surface area contributed by atoms with Crippen molar-refractivity contribution in [3.8, 4) is 0 Å². The van der Waals surface area contributed by atoms with Gasteiger partial charge in [0.15, 0.2) is 0 Å². The van der Waals surface area contributed by atoms with Crippen LogP contribution >= 0.6 is 22.5 Å². The number of thiol groups is 1. The molecule has 0 radical (unpaired) electrons. The fourth-order valence-corrected chi connectivity index (χ4v) is 1.17. The molecule has 0 aromatic rings. The van der Waals surface area contributed by atoms with Gasteiger partial charge >= 0.3 is 53.2 Å². The quantitative estimate of drug-likeness (QED) is 0.183. The normalized spacial score (nSPS) is 8.23. The van der Waals surface area contributed by atoms with E-state index in [1.165, 1.54) is 12.2 Å². The standard InChI is InChI=1S/C3H8O3.C3H8S2.Al.O/c1-5-2-3-6-4;1-2-3-5-4;;/h4H,2-3H2,1H3;4H,2-3H2,1H3;;/q;;+1;/p-1. The van der Waals surface area contributed by atoms with Crippen molar-refractivity contribution in [3.63, 3.8) is 0 Å². The van der Waals surface area contributed by atoms with E-state index in [9.17, 15) is 3.80 Å². The molecular weight excluding hydrogens is 227 g/mol. The minimum absolute atomic E-state index is 0.325. The number of ether oxygens (including phenoxy) is 1. The average molecular weight is 242 g/mol. The van der Waals surface area contributed by atoms with Crippen molar-refractivity contribution in [2.24, 2.45) is 0 Å². The molecule has 0 aliphatic rings. The number of hydrogen-bond acceptors (Lipinski definition) is 6. The summed E-state index contributed by atoms with van der Waals surface area (Å²) in [5.74, 6) is 1.17. The molecule has 0 spiro atoms. The number of rotatable bonds is 7. The van der Waals surface area contributed by atoms with Crippen molar-refractivity contribution in [1.29, 1.82) is 0 Å². The van der Waals surface area contributed by atoms with Gasteiger partial charge in [0.05, 0.1) is 0 Å². The SMILES string of the molecule is CCCSS.COCCO[O][Al]=[O]. The molecule has 0 heterocycles. The van der Waals surface area contributed by atoms with E-state index in [4.69, 9.17) is 0 Å². The molecule has 0 aliphatic carbocycles. The zero-order chi connectivity index (χ0) is 10.4. The van der Waals surface area contributed by atoms with Crippen LogP contribution in [0.3, 0.4) is 0 Å². The molecule has 0 rings (SSSR count). The summed E-state index contributed by atoms with van der Waals surface area (Å²) in [4.78, 5) is 4.32. The van der Waals surface area contributed by atoms with Crippen molar-refractivity contribution >= 4 is 37.9 Å². The Kier molecular flexibility index (Phi) is 23.1. The fraction of sp³-hybridized carbons (Fsp3) is 1.00. The van der Waals surface area contributed by atoms with Crippen LogP contribution in [0.4, 0.5) is 0 Å². The monoisotopic (exact) mass is 242 g/mol. The van der Waals surface area contributed by atoms with Gasteiger partial charge in [-0.1, -0.05) is 17.7 Å². The van der Waals surface area contributed by atoms with Gasteiger partial charge in [0.1, 0.15) is 0 Å². The molecule has 7 heteroatoms. The van der Waals surface area contributed by atoms with Crippen molar-refractivity contribution in [3.05, 3.63) is 0 Å². The Hall–Kier alpha value is 0.752. The van der Waals surface area contributed by atoms with Gasteiger partial charge in [-0.3, -0.25) is 0 Å². The van der Waals surface area contributed by atoms with Crippen LogP contribution in [0.5, 0.6) is 0 Å². The zero-order valence-corrected chi connectivity index (χ0v) is 10.8. The van der Waals surface area contributed by atoms with Gasteiger partial charge in [0.25, 0.3) is 0 Å². The predicted octanol–water partition coefficient (Wildman–Crippen LogP) is 1.52. The van der Waals surface area contributed by atoms with E-state index in [0.29, 0.717) is 13.2 Å². The van der Waals surface area contributed by atoms with Crippen molar-refractivity contribution in [2.45, 2.75) is 13.3 Å². The summed E-state index contributed by atoms with van der Waals surface area (Å²) < 4.78 is 18.3. The van der Waals surface area contributed by atoms with E-state index in [0.717, 1.165) is 0 Å². The third-order valence-corrected chi connectivity index (χ3v) is 2.13. The molecule has 0 aromatic heterocycles. The number of hydrogen-bond donors (Lipinski definition) is 1. The van der Waals surface area contributed by atoms with Crippen LogP contribution in [0.15, 0.2) is 0 Å².